The molecule has 1 aromatic heterocycles. The van der Waals surface area contributed by atoms with Crippen LogP contribution < -0.4 is 4.90 Å². The zero-order valence-corrected chi connectivity index (χ0v) is 10.7. The van der Waals surface area contributed by atoms with Gasteiger partial charge in [0.25, 0.3) is 0 Å². The van der Waals surface area contributed by atoms with Crippen LogP contribution in [0, 0.1) is 11.3 Å². The molecule has 1 N–H and O–H groups in total. The zero-order chi connectivity index (χ0) is 14.8. The second kappa shape index (κ2) is 5.67. The maximum Gasteiger partial charge on any atom is 0.433 e. The van der Waals surface area contributed by atoms with Gasteiger partial charge in [-0.05, 0) is 31.4 Å². The topological polar surface area (TPSA) is 60.2 Å². The van der Waals surface area contributed by atoms with E-state index in [2.05, 4.69) is 4.98 Å². The van der Waals surface area contributed by atoms with E-state index in [0.717, 1.165) is 25.0 Å². The summed E-state index contributed by atoms with van der Waals surface area (Å²) in [6.07, 6.45) is -2.16. The van der Waals surface area contributed by atoms with Crippen molar-refractivity contribution >= 4 is 5.82 Å². The maximum absolute atomic E-state index is 12.7. The molecule has 0 bridgehead atoms. The summed E-state index contributed by atoms with van der Waals surface area (Å²) in [6.45, 7) is 0.330. The molecule has 1 atom stereocenters. The van der Waals surface area contributed by atoms with Crippen LogP contribution in [0.3, 0.4) is 0 Å². The van der Waals surface area contributed by atoms with Gasteiger partial charge in [0.05, 0.1) is 18.2 Å². The summed E-state index contributed by atoms with van der Waals surface area (Å²) < 4.78 is 38.2. The Labute approximate surface area is 114 Å². The molecule has 1 fully saturated rings. The van der Waals surface area contributed by atoms with Crippen molar-refractivity contribution in [2.75, 3.05) is 18.1 Å². The van der Waals surface area contributed by atoms with Crippen LogP contribution in [0.25, 0.3) is 0 Å². The number of nitriles is 1. The fourth-order valence-corrected chi connectivity index (χ4v) is 2.38. The first-order chi connectivity index (χ1) is 9.47. The predicted octanol–water partition coefficient (Wildman–Crippen LogP) is 2.32. The molecule has 0 spiro atoms. The largest absolute Gasteiger partial charge is 0.433 e. The van der Waals surface area contributed by atoms with Crippen LogP contribution in [-0.2, 0) is 6.18 Å². The summed E-state index contributed by atoms with van der Waals surface area (Å²) in [5, 5.41) is 18.4. The number of rotatable bonds is 2. The first kappa shape index (κ1) is 14.6. The molecule has 108 valence electrons. The Bertz CT molecular complexity index is 525. The summed E-state index contributed by atoms with van der Waals surface area (Å²) in [6, 6.07) is 3.52. The van der Waals surface area contributed by atoms with E-state index in [1.54, 1.807) is 4.90 Å². The number of aliphatic hydroxyl groups excluding tert-OH is 1. The summed E-state index contributed by atoms with van der Waals surface area (Å²) in [5.41, 5.74) is -0.924. The Morgan fingerprint density at radius 3 is 2.75 bits per heavy atom. The van der Waals surface area contributed by atoms with Crippen LogP contribution in [-0.4, -0.2) is 29.3 Å². The van der Waals surface area contributed by atoms with E-state index in [4.69, 9.17) is 5.26 Å². The van der Waals surface area contributed by atoms with Crippen molar-refractivity contribution in [3.05, 3.63) is 23.4 Å². The van der Waals surface area contributed by atoms with Gasteiger partial charge in [-0.25, -0.2) is 4.98 Å². The Morgan fingerprint density at radius 1 is 1.40 bits per heavy atom. The first-order valence-corrected chi connectivity index (χ1v) is 6.33. The van der Waals surface area contributed by atoms with Gasteiger partial charge in [-0.1, -0.05) is 0 Å². The Balaban J connectivity index is 2.45. The van der Waals surface area contributed by atoms with Crippen LogP contribution in [0.5, 0.6) is 0 Å². The molecule has 0 aliphatic carbocycles. The molecule has 1 aliphatic heterocycles. The third-order valence-corrected chi connectivity index (χ3v) is 3.40. The van der Waals surface area contributed by atoms with Crippen LogP contribution in [0.4, 0.5) is 19.0 Å². The van der Waals surface area contributed by atoms with Crippen molar-refractivity contribution in [2.24, 2.45) is 0 Å². The number of aliphatic hydroxyl groups is 1. The van der Waals surface area contributed by atoms with Gasteiger partial charge in [0.15, 0.2) is 0 Å². The summed E-state index contributed by atoms with van der Waals surface area (Å²) in [7, 11) is 0. The number of nitrogens with zero attached hydrogens (tertiary/aromatic N) is 3. The first-order valence-electron chi connectivity index (χ1n) is 6.33. The standard InChI is InChI=1S/C13H14F3N3O/c14-13(15,16)11-5-4-9(7-17)12(18-11)19-6-2-1-3-10(19)8-20/h4-5,10,20H,1-3,6,8H2. The van der Waals surface area contributed by atoms with E-state index in [-0.39, 0.29) is 24.0 Å². The molecular weight excluding hydrogens is 271 g/mol. The summed E-state index contributed by atoms with van der Waals surface area (Å²) in [4.78, 5) is 5.21. The molecule has 4 nitrogen and oxygen atoms in total. The molecule has 1 aromatic rings. The molecule has 0 aromatic carbocycles. The van der Waals surface area contributed by atoms with Gasteiger partial charge in [0.1, 0.15) is 17.6 Å². The Kier molecular flexibility index (Phi) is 4.14. The average Bonchev–Trinajstić information content (AvgIpc) is 2.45. The third-order valence-electron chi connectivity index (χ3n) is 3.40. The SMILES string of the molecule is N#Cc1ccc(C(F)(F)F)nc1N1CCCCC1CO. The number of aromatic nitrogens is 1. The normalized spacial score (nSPS) is 19.8. The number of pyridine rings is 1. The fourth-order valence-electron chi connectivity index (χ4n) is 2.38. The summed E-state index contributed by atoms with van der Waals surface area (Å²) >= 11 is 0. The number of halogens is 3. The molecule has 0 saturated carbocycles. The zero-order valence-electron chi connectivity index (χ0n) is 10.7. The van der Waals surface area contributed by atoms with Gasteiger partial charge in [-0.15, -0.1) is 0 Å². The molecule has 2 heterocycles. The number of piperidine rings is 1. The van der Waals surface area contributed by atoms with Crippen LogP contribution in [0.2, 0.25) is 0 Å². The van der Waals surface area contributed by atoms with Gasteiger partial charge >= 0.3 is 6.18 Å². The van der Waals surface area contributed by atoms with Crippen molar-refractivity contribution in [1.29, 1.82) is 5.26 Å². The molecule has 0 radical (unpaired) electrons. The third kappa shape index (κ3) is 2.85. The van der Waals surface area contributed by atoms with E-state index in [0.29, 0.717) is 13.0 Å². The maximum atomic E-state index is 12.7. The lowest BCUT2D eigenvalue weighted by molar-refractivity contribution is -0.141. The van der Waals surface area contributed by atoms with Crippen molar-refractivity contribution in [3.63, 3.8) is 0 Å². The highest BCUT2D eigenvalue weighted by Gasteiger charge is 2.34. The molecule has 7 heteroatoms. The highest BCUT2D eigenvalue weighted by atomic mass is 19.4. The van der Waals surface area contributed by atoms with Gasteiger partial charge < -0.3 is 10.0 Å². The second-order valence-corrected chi connectivity index (χ2v) is 4.70. The van der Waals surface area contributed by atoms with Crippen molar-refractivity contribution in [2.45, 2.75) is 31.5 Å². The highest BCUT2D eigenvalue weighted by Crippen LogP contribution is 2.32. The predicted molar refractivity (Wildman–Crippen MR) is 66.0 cm³/mol. The molecular formula is C13H14F3N3O. The minimum Gasteiger partial charge on any atom is -0.394 e. The van der Waals surface area contributed by atoms with E-state index >= 15 is 0 Å². The average molecular weight is 285 g/mol. The number of anilines is 1. The Morgan fingerprint density at radius 2 is 2.15 bits per heavy atom. The highest BCUT2D eigenvalue weighted by molar-refractivity contribution is 5.55. The summed E-state index contributed by atoms with van der Waals surface area (Å²) in [5.74, 6) is 0.0149. The molecule has 1 unspecified atom stereocenters. The van der Waals surface area contributed by atoms with E-state index in [1.165, 1.54) is 0 Å². The lowest BCUT2D eigenvalue weighted by atomic mass is 10.0. The van der Waals surface area contributed by atoms with Gasteiger partial charge in [0, 0.05) is 6.54 Å². The van der Waals surface area contributed by atoms with Gasteiger partial charge in [-0.3, -0.25) is 0 Å². The Hall–Kier alpha value is -1.81. The van der Waals surface area contributed by atoms with E-state index in [1.807, 2.05) is 6.07 Å². The molecule has 1 aliphatic rings. The van der Waals surface area contributed by atoms with Gasteiger partial charge in [-0.2, -0.15) is 18.4 Å². The quantitative estimate of drug-likeness (QED) is 0.906. The van der Waals surface area contributed by atoms with Crippen molar-refractivity contribution in [1.82, 2.24) is 4.98 Å². The number of hydrogen-bond acceptors (Lipinski definition) is 4. The molecule has 1 saturated heterocycles. The fraction of sp³-hybridized carbons (Fsp3) is 0.538. The minimum atomic E-state index is -4.55. The molecule has 0 amide bonds. The van der Waals surface area contributed by atoms with Crippen LogP contribution >= 0.6 is 0 Å². The molecule has 2 rings (SSSR count). The minimum absolute atomic E-state index is 0.0149. The van der Waals surface area contributed by atoms with Crippen molar-refractivity contribution in [3.8, 4) is 6.07 Å². The second-order valence-electron chi connectivity index (χ2n) is 4.70. The van der Waals surface area contributed by atoms with E-state index in [9.17, 15) is 18.3 Å². The van der Waals surface area contributed by atoms with Crippen molar-refractivity contribution < 1.29 is 18.3 Å². The van der Waals surface area contributed by atoms with Crippen LogP contribution in [0.15, 0.2) is 12.1 Å². The van der Waals surface area contributed by atoms with Crippen LogP contribution in [0.1, 0.15) is 30.5 Å². The lowest BCUT2D eigenvalue weighted by Gasteiger charge is -2.36. The smallest absolute Gasteiger partial charge is 0.394 e. The number of hydrogen-bond donors (Lipinski definition) is 1. The lowest BCUT2D eigenvalue weighted by Crippen LogP contribution is -2.43. The van der Waals surface area contributed by atoms with Gasteiger partial charge in [0.2, 0.25) is 0 Å². The van der Waals surface area contributed by atoms with E-state index < -0.39 is 11.9 Å². The monoisotopic (exact) mass is 285 g/mol. The number of alkyl halides is 3. The molecule has 20 heavy (non-hydrogen) atoms.